The fourth-order valence-electron chi connectivity index (χ4n) is 1.55. The summed E-state index contributed by atoms with van der Waals surface area (Å²) in [5.74, 6) is 0.362. The molecule has 20 heavy (non-hydrogen) atoms. The smallest absolute Gasteiger partial charge is 0.257 e. The highest BCUT2D eigenvalue weighted by Crippen LogP contribution is 2.26. The van der Waals surface area contributed by atoms with Gasteiger partial charge < -0.3 is 10.1 Å². The molecule has 0 spiro atoms. The van der Waals surface area contributed by atoms with E-state index in [0.717, 1.165) is 6.42 Å². The molecular weight excluding hydrogens is 317 g/mol. The Morgan fingerprint density at radius 3 is 2.80 bits per heavy atom. The lowest BCUT2D eigenvalue weighted by atomic mass is 10.3. The Morgan fingerprint density at radius 2 is 2.10 bits per heavy atom. The predicted octanol–water partition coefficient (Wildman–Crippen LogP) is 3.79. The molecule has 0 saturated carbocycles. The first-order valence-corrected chi connectivity index (χ1v) is 7.65. The van der Waals surface area contributed by atoms with Crippen LogP contribution in [0.5, 0.6) is 5.75 Å². The predicted molar refractivity (Wildman–Crippen MR) is 83.0 cm³/mol. The van der Waals surface area contributed by atoms with E-state index in [1.807, 2.05) is 17.5 Å². The molecule has 3 nitrogen and oxygen atoms in total. The van der Waals surface area contributed by atoms with Crippen LogP contribution in [0.3, 0.4) is 0 Å². The maximum absolute atomic E-state index is 11.6. The molecule has 1 N–H and O–H groups in total. The van der Waals surface area contributed by atoms with E-state index in [0.29, 0.717) is 22.3 Å². The van der Waals surface area contributed by atoms with Crippen molar-refractivity contribution in [1.29, 1.82) is 0 Å². The molecule has 2 aromatic rings. The SMILES string of the molecule is O=C(COc1ccc(Cl)c(Cl)c1)NCCc1cccs1. The Morgan fingerprint density at radius 1 is 1.25 bits per heavy atom. The van der Waals surface area contributed by atoms with E-state index >= 15 is 0 Å². The van der Waals surface area contributed by atoms with Gasteiger partial charge in [0.25, 0.3) is 5.91 Å². The average molecular weight is 330 g/mol. The van der Waals surface area contributed by atoms with Crippen molar-refractivity contribution in [2.75, 3.05) is 13.2 Å². The van der Waals surface area contributed by atoms with Gasteiger partial charge in [-0.25, -0.2) is 0 Å². The Balaban J connectivity index is 1.70. The topological polar surface area (TPSA) is 38.3 Å². The number of amides is 1. The number of halogens is 2. The molecule has 1 aromatic heterocycles. The van der Waals surface area contributed by atoms with Crippen molar-refractivity contribution in [3.63, 3.8) is 0 Å². The molecule has 0 atom stereocenters. The van der Waals surface area contributed by atoms with Crippen molar-refractivity contribution in [3.05, 3.63) is 50.6 Å². The van der Waals surface area contributed by atoms with Gasteiger partial charge in [-0.1, -0.05) is 29.3 Å². The van der Waals surface area contributed by atoms with Gasteiger partial charge >= 0.3 is 0 Å². The number of hydrogen-bond acceptors (Lipinski definition) is 3. The molecule has 2 rings (SSSR count). The van der Waals surface area contributed by atoms with Gasteiger partial charge in [0.1, 0.15) is 5.75 Å². The molecule has 6 heteroatoms. The minimum Gasteiger partial charge on any atom is -0.484 e. The minimum absolute atomic E-state index is 0.0393. The van der Waals surface area contributed by atoms with Crippen LogP contribution in [-0.4, -0.2) is 19.1 Å². The standard InChI is InChI=1S/C14H13Cl2NO2S/c15-12-4-3-10(8-13(12)16)19-9-14(18)17-6-5-11-2-1-7-20-11/h1-4,7-8H,5-6,9H2,(H,17,18). The summed E-state index contributed by atoms with van der Waals surface area (Å²) < 4.78 is 5.34. The first-order valence-electron chi connectivity index (χ1n) is 6.02. The summed E-state index contributed by atoms with van der Waals surface area (Å²) in [5.41, 5.74) is 0. The van der Waals surface area contributed by atoms with Gasteiger partial charge in [-0.3, -0.25) is 4.79 Å². The maximum Gasteiger partial charge on any atom is 0.257 e. The number of carbonyl (C=O) groups is 1. The van der Waals surface area contributed by atoms with Crippen LogP contribution in [-0.2, 0) is 11.2 Å². The Kier molecular flexibility index (Phi) is 5.71. The van der Waals surface area contributed by atoms with Crippen LogP contribution in [0.25, 0.3) is 0 Å². The van der Waals surface area contributed by atoms with E-state index in [-0.39, 0.29) is 12.5 Å². The number of rotatable bonds is 6. The lowest BCUT2D eigenvalue weighted by Gasteiger charge is -2.07. The average Bonchev–Trinajstić information content (AvgIpc) is 2.93. The van der Waals surface area contributed by atoms with Crippen LogP contribution in [0.15, 0.2) is 35.7 Å². The molecule has 106 valence electrons. The number of hydrogen-bond donors (Lipinski definition) is 1. The van der Waals surface area contributed by atoms with Crippen molar-refractivity contribution in [2.24, 2.45) is 0 Å². The summed E-state index contributed by atoms with van der Waals surface area (Å²) in [7, 11) is 0. The van der Waals surface area contributed by atoms with Gasteiger partial charge in [0, 0.05) is 17.5 Å². The fraction of sp³-hybridized carbons (Fsp3) is 0.214. The molecule has 0 aliphatic heterocycles. The molecule has 0 aliphatic rings. The van der Waals surface area contributed by atoms with E-state index in [1.165, 1.54) is 4.88 Å². The van der Waals surface area contributed by atoms with Crippen LogP contribution in [0.2, 0.25) is 10.0 Å². The fourth-order valence-corrected chi connectivity index (χ4v) is 2.54. The molecule has 0 saturated heterocycles. The van der Waals surface area contributed by atoms with Crippen molar-refractivity contribution in [1.82, 2.24) is 5.32 Å². The summed E-state index contributed by atoms with van der Waals surface area (Å²) in [6.07, 6.45) is 0.830. The second-order valence-electron chi connectivity index (χ2n) is 4.04. The monoisotopic (exact) mass is 329 g/mol. The van der Waals surface area contributed by atoms with Crippen LogP contribution >= 0.6 is 34.5 Å². The minimum atomic E-state index is -0.160. The molecule has 1 heterocycles. The summed E-state index contributed by atoms with van der Waals surface area (Å²) >= 11 is 13.3. The zero-order valence-corrected chi connectivity index (χ0v) is 12.9. The van der Waals surface area contributed by atoms with E-state index in [2.05, 4.69) is 5.32 Å². The van der Waals surface area contributed by atoms with Crippen LogP contribution in [0.4, 0.5) is 0 Å². The van der Waals surface area contributed by atoms with Gasteiger partial charge in [-0.05, 0) is 30.0 Å². The molecule has 1 amide bonds. The number of ether oxygens (including phenoxy) is 1. The van der Waals surface area contributed by atoms with Crippen molar-refractivity contribution in [2.45, 2.75) is 6.42 Å². The molecule has 0 radical (unpaired) electrons. The maximum atomic E-state index is 11.6. The van der Waals surface area contributed by atoms with Crippen LogP contribution in [0, 0.1) is 0 Å². The molecule has 0 unspecified atom stereocenters. The first-order chi connectivity index (χ1) is 9.65. The number of carbonyl (C=O) groups excluding carboxylic acids is 1. The first kappa shape index (κ1) is 15.2. The Hall–Kier alpha value is -1.23. The van der Waals surface area contributed by atoms with Gasteiger partial charge in [0.2, 0.25) is 0 Å². The van der Waals surface area contributed by atoms with Gasteiger partial charge in [-0.15, -0.1) is 11.3 Å². The van der Waals surface area contributed by atoms with Gasteiger partial charge in [0.15, 0.2) is 6.61 Å². The highest BCUT2D eigenvalue weighted by molar-refractivity contribution is 7.09. The van der Waals surface area contributed by atoms with Crippen molar-refractivity contribution < 1.29 is 9.53 Å². The summed E-state index contributed by atoms with van der Waals surface area (Å²) in [6, 6.07) is 8.93. The highest BCUT2D eigenvalue weighted by atomic mass is 35.5. The summed E-state index contributed by atoms with van der Waals surface area (Å²) in [6.45, 7) is 0.562. The third kappa shape index (κ3) is 4.71. The van der Waals surface area contributed by atoms with Crippen molar-refractivity contribution in [3.8, 4) is 5.75 Å². The Labute approximate surface area is 131 Å². The Bertz CT molecular complexity index is 573. The molecule has 1 aromatic carbocycles. The number of thiophene rings is 1. The van der Waals surface area contributed by atoms with E-state index in [1.54, 1.807) is 29.5 Å². The molecule has 0 bridgehead atoms. The lowest BCUT2D eigenvalue weighted by molar-refractivity contribution is -0.123. The van der Waals surface area contributed by atoms with E-state index in [4.69, 9.17) is 27.9 Å². The van der Waals surface area contributed by atoms with Crippen molar-refractivity contribution >= 4 is 40.4 Å². The number of benzene rings is 1. The summed E-state index contributed by atoms with van der Waals surface area (Å²) in [5, 5.41) is 5.68. The largest absolute Gasteiger partial charge is 0.484 e. The zero-order valence-electron chi connectivity index (χ0n) is 10.6. The van der Waals surface area contributed by atoms with E-state index in [9.17, 15) is 4.79 Å². The second kappa shape index (κ2) is 7.53. The second-order valence-corrected chi connectivity index (χ2v) is 5.89. The lowest BCUT2D eigenvalue weighted by Crippen LogP contribution is -2.30. The third-order valence-electron chi connectivity index (χ3n) is 2.53. The highest BCUT2D eigenvalue weighted by Gasteiger charge is 2.04. The quantitative estimate of drug-likeness (QED) is 0.875. The number of nitrogens with one attached hydrogen (secondary N) is 1. The molecule has 0 fully saturated rings. The van der Waals surface area contributed by atoms with E-state index < -0.39 is 0 Å². The molecule has 0 aliphatic carbocycles. The van der Waals surface area contributed by atoms with Gasteiger partial charge in [0.05, 0.1) is 10.0 Å². The molecular formula is C14H13Cl2NO2S. The summed E-state index contributed by atoms with van der Waals surface area (Å²) in [4.78, 5) is 12.9. The normalized spacial score (nSPS) is 10.3. The zero-order chi connectivity index (χ0) is 14.4. The van der Waals surface area contributed by atoms with Crippen LogP contribution < -0.4 is 10.1 Å². The third-order valence-corrected chi connectivity index (χ3v) is 4.21. The van der Waals surface area contributed by atoms with Gasteiger partial charge in [-0.2, -0.15) is 0 Å². The van der Waals surface area contributed by atoms with Crippen LogP contribution in [0.1, 0.15) is 4.88 Å².